The summed E-state index contributed by atoms with van der Waals surface area (Å²) in [4.78, 5) is 10.4. The maximum Gasteiger partial charge on any atom is 0.126 e. The summed E-state index contributed by atoms with van der Waals surface area (Å²) >= 11 is 0. The highest BCUT2D eigenvalue weighted by molar-refractivity contribution is 5.72. The molecule has 0 amide bonds. The lowest BCUT2D eigenvalue weighted by Crippen LogP contribution is -1.69. The summed E-state index contributed by atoms with van der Waals surface area (Å²) in [5.41, 5.74) is 0. The van der Waals surface area contributed by atoms with Crippen LogP contribution < -0.4 is 0 Å². The molecule has 0 spiro atoms. The highest BCUT2D eigenvalue weighted by Gasteiger charge is 1.62. The molecule has 1 heteroatoms. The van der Waals surface area contributed by atoms with Crippen LogP contribution >= 0.6 is 0 Å². The Balaban J connectivity index is 4.40. The van der Waals surface area contributed by atoms with Crippen LogP contribution in [0.25, 0.3) is 0 Å². The van der Waals surface area contributed by atoms with Gasteiger partial charge in [0.2, 0.25) is 0 Å². The van der Waals surface area contributed by atoms with E-state index in [9.17, 15) is 4.79 Å². The monoisotopic (exact) mass is 65.1 g/mol. The topological polar surface area (TPSA) is 17.1 Å². The third-order valence-corrected chi connectivity index (χ3v) is 0. The van der Waals surface area contributed by atoms with Crippen LogP contribution in [0.2, 0.25) is 0 Å². The summed E-state index contributed by atoms with van der Waals surface area (Å²) in [6.07, 6.45) is 0. The predicted molar refractivity (Wildman–Crippen MR) is 16.4 cm³/mol. The Morgan fingerprint density at radius 3 is 2.50 bits per heavy atom. The largest absolute Gasteiger partial charge is 0.300 e. The third kappa shape index (κ3) is 6.88. The molecule has 0 heterocycles. The van der Waals surface area contributed by atoms with E-state index in [1.165, 1.54) is 0 Å². The molecule has 0 aromatic carbocycles. The van der Waals surface area contributed by atoms with Gasteiger partial charge >= 0.3 is 0 Å². The molecule has 0 fully saturated rings. The van der Waals surface area contributed by atoms with E-state index >= 15 is 0 Å². The van der Waals surface area contributed by atoms with Crippen molar-refractivity contribution >= 4 is 5.78 Å². The molecule has 0 aromatic rings. The fourth-order valence-corrected chi connectivity index (χ4v) is 0. The first-order valence-corrected chi connectivity index (χ1v) is 0.704. The van der Waals surface area contributed by atoms with Crippen molar-refractivity contribution in [2.75, 3.05) is 0 Å². The Bertz CT molecular complexity index is 124. The molecule has 1 nitrogen and oxygen atoms in total. The molecular formula is C3H6O. The summed E-state index contributed by atoms with van der Waals surface area (Å²) in [6.45, 7) is -6.02. The van der Waals surface area contributed by atoms with Crippen LogP contribution in [-0.4, -0.2) is 5.78 Å². The van der Waals surface area contributed by atoms with E-state index in [0.717, 1.165) is 0 Å². The second-order valence-corrected chi connectivity index (χ2v) is 0.329. The molecule has 0 rings (SSSR count). The van der Waals surface area contributed by atoms with Crippen LogP contribution in [0.5, 0.6) is 0 Å². The van der Waals surface area contributed by atoms with Crippen molar-refractivity contribution in [1.82, 2.24) is 0 Å². The van der Waals surface area contributed by atoms with Gasteiger partial charge in [-0.25, -0.2) is 0 Å². The normalized spacial score (nSPS) is 35.0. The van der Waals surface area contributed by atoms with Crippen molar-refractivity contribution in [1.29, 1.82) is 0 Å². The van der Waals surface area contributed by atoms with Gasteiger partial charge in [0.25, 0.3) is 0 Å². The molecule has 0 aliphatic heterocycles. The SMILES string of the molecule is [2H]C([2H])([2H])[13C](=O)C([2H])([2H])[2H]. The molecule has 0 aliphatic rings. The van der Waals surface area contributed by atoms with E-state index in [-0.39, 0.29) is 0 Å². The number of hydrogen-bond donors (Lipinski definition) is 0. The summed E-state index contributed by atoms with van der Waals surface area (Å²) in [7, 11) is 0. The van der Waals surface area contributed by atoms with Gasteiger partial charge in [-0.15, -0.1) is 0 Å². The fourth-order valence-electron chi connectivity index (χ4n) is 0. The smallest absolute Gasteiger partial charge is 0.126 e. The lowest BCUT2D eigenvalue weighted by Gasteiger charge is -1.56. The zero-order chi connectivity index (χ0) is 8.58. The minimum Gasteiger partial charge on any atom is -0.300 e. The van der Waals surface area contributed by atoms with E-state index in [0.29, 0.717) is 0 Å². The van der Waals surface area contributed by atoms with E-state index in [1.54, 1.807) is 0 Å². The van der Waals surface area contributed by atoms with Crippen molar-refractivity contribution in [2.45, 2.75) is 13.7 Å². The number of ketones is 1. The summed E-state index contributed by atoms with van der Waals surface area (Å²) < 4.78 is 38.5. The van der Waals surface area contributed by atoms with Crippen LogP contribution in [0.15, 0.2) is 0 Å². The van der Waals surface area contributed by atoms with Crippen molar-refractivity contribution < 1.29 is 13.0 Å². The Morgan fingerprint density at radius 1 is 2.00 bits per heavy atom. The average Bonchev–Trinajstić information content (AvgIpc) is 1.59. The second kappa shape index (κ2) is 1.04. The number of hydrogen-bond acceptors (Lipinski definition) is 1. The van der Waals surface area contributed by atoms with E-state index in [1.807, 2.05) is 0 Å². The Kier molecular flexibility index (Phi) is 0.0909. The van der Waals surface area contributed by atoms with Gasteiger partial charge in [0, 0.05) is 8.22 Å². The van der Waals surface area contributed by atoms with Gasteiger partial charge in [0.05, 0.1) is 0 Å². The van der Waals surface area contributed by atoms with Crippen LogP contribution in [0.4, 0.5) is 0 Å². The maximum atomic E-state index is 10.4. The van der Waals surface area contributed by atoms with E-state index in [2.05, 4.69) is 0 Å². The quantitative estimate of drug-likeness (QED) is 0.377. The minimum absolute atomic E-state index is 1.68. The van der Waals surface area contributed by atoms with Crippen LogP contribution in [-0.2, 0) is 4.79 Å². The standard InChI is InChI=1S/C3H6O/c1-3(2)4/h1-2H3/i1D3,2D3,3+1. The molecule has 0 aromatic heterocycles. The first kappa shape index (κ1) is 0.348. The molecule has 0 unspecified atom stereocenters. The van der Waals surface area contributed by atoms with Crippen LogP contribution in [0, 0.1) is 0 Å². The molecule has 0 saturated heterocycles. The first-order chi connectivity index (χ1) is 4.15. The zero-order valence-electron chi connectivity index (χ0n) is 7.91. The van der Waals surface area contributed by atoms with Gasteiger partial charge in [0.15, 0.2) is 0 Å². The highest BCUT2D eigenvalue weighted by atomic mass is 16.2. The van der Waals surface area contributed by atoms with Gasteiger partial charge < -0.3 is 4.79 Å². The van der Waals surface area contributed by atoms with Gasteiger partial charge in [-0.1, -0.05) is 0 Å². The summed E-state index contributed by atoms with van der Waals surface area (Å²) in [5.74, 6) is -1.68. The highest BCUT2D eigenvalue weighted by Crippen LogP contribution is 1.50. The molecule has 24 valence electrons. The molecule has 0 aliphatic carbocycles. The van der Waals surface area contributed by atoms with Crippen molar-refractivity contribution in [3.05, 3.63) is 0 Å². The second-order valence-electron chi connectivity index (χ2n) is 0.329. The number of rotatable bonds is 0. The number of Topliss-reactive ketones (excluding diaryl/α,β-unsaturated/α-hetero) is 1. The molecule has 0 radical (unpaired) electrons. The lowest BCUT2D eigenvalue weighted by atomic mass is 11.0. The minimum atomic E-state index is -3.01. The molecule has 0 saturated carbocycles. The van der Waals surface area contributed by atoms with Gasteiger partial charge in [-0.3, -0.25) is 0 Å². The van der Waals surface area contributed by atoms with Gasteiger partial charge in [-0.2, -0.15) is 0 Å². The van der Waals surface area contributed by atoms with Crippen molar-refractivity contribution in [3.8, 4) is 0 Å². The maximum absolute atomic E-state index is 10.4. The lowest BCUT2D eigenvalue weighted by molar-refractivity contribution is -0.114. The van der Waals surface area contributed by atoms with E-state index < -0.39 is 19.5 Å². The van der Waals surface area contributed by atoms with Crippen LogP contribution in [0.3, 0.4) is 0 Å². The first-order valence-electron chi connectivity index (χ1n) is 3.70. The Hall–Kier alpha value is -0.330. The van der Waals surface area contributed by atoms with Gasteiger partial charge in [0.1, 0.15) is 5.78 Å². The zero-order valence-corrected chi connectivity index (χ0v) is 1.91. The fraction of sp³-hybridized carbons (Fsp3) is 0.667. The van der Waals surface area contributed by atoms with Crippen molar-refractivity contribution in [2.24, 2.45) is 0 Å². The average molecular weight is 65.1 g/mol. The molecule has 0 atom stereocenters. The summed E-state index contributed by atoms with van der Waals surface area (Å²) in [5, 5.41) is 0. The molecule has 0 N–H and O–H groups in total. The molecule has 4 heavy (non-hydrogen) atoms. The number of carbonyl (C=O) groups excluding carboxylic acids is 1. The van der Waals surface area contributed by atoms with Crippen LogP contribution in [0.1, 0.15) is 21.9 Å². The summed E-state index contributed by atoms with van der Waals surface area (Å²) in [6, 6.07) is 0. The van der Waals surface area contributed by atoms with Crippen molar-refractivity contribution in [3.63, 3.8) is 0 Å². The molecular weight excluding hydrogens is 53.0 g/mol. The van der Waals surface area contributed by atoms with Gasteiger partial charge in [-0.05, 0) is 13.7 Å². The van der Waals surface area contributed by atoms with E-state index in [4.69, 9.17) is 8.22 Å². The number of carbonyl (C=O) groups is 1. The third-order valence-electron chi connectivity index (χ3n) is 0. The molecule has 0 bridgehead atoms. The predicted octanol–water partition coefficient (Wildman–Crippen LogP) is 0.595. The Labute approximate surface area is 34.1 Å². The Morgan fingerprint density at radius 2 is 2.50 bits per heavy atom.